The number of para-hydroxylation sites is 2. The van der Waals surface area contributed by atoms with E-state index in [2.05, 4.69) is 28.1 Å². The van der Waals surface area contributed by atoms with Crippen molar-refractivity contribution in [3.05, 3.63) is 60.2 Å². The number of carbonyl (C=O) groups excluding carboxylic acids is 1. The van der Waals surface area contributed by atoms with Gasteiger partial charge in [-0.1, -0.05) is 42.5 Å². The van der Waals surface area contributed by atoms with Crippen molar-refractivity contribution in [2.75, 3.05) is 25.0 Å². The molecule has 1 unspecified atom stereocenters. The minimum atomic E-state index is -0.479. The molecule has 1 aliphatic rings. The molecule has 0 aliphatic carbocycles. The topological polar surface area (TPSA) is 68.6 Å². The average Bonchev–Trinajstić information content (AvgIpc) is 3.15. The fraction of sp³-hybridized carbons (Fsp3) is 0.481. The first-order valence-electron chi connectivity index (χ1n) is 12.2. The number of rotatable bonds is 7. The van der Waals surface area contributed by atoms with Crippen molar-refractivity contribution in [3.63, 3.8) is 0 Å². The first-order chi connectivity index (χ1) is 16.3. The summed E-state index contributed by atoms with van der Waals surface area (Å²) in [6, 6.07) is 18.8. The number of fused-ring (bicyclic) bond motifs is 1. The molecule has 1 fully saturated rings. The van der Waals surface area contributed by atoms with Gasteiger partial charge in [0.15, 0.2) is 0 Å². The van der Waals surface area contributed by atoms with Crippen LogP contribution in [0.1, 0.15) is 52.2 Å². The largest absolute Gasteiger partial charge is 0.444 e. The number of hydrogen-bond donors (Lipinski definition) is 1. The second kappa shape index (κ2) is 10.5. The van der Waals surface area contributed by atoms with E-state index in [-0.39, 0.29) is 18.2 Å². The predicted molar refractivity (Wildman–Crippen MR) is 135 cm³/mol. The van der Waals surface area contributed by atoms with Crippen LogP contribution < -0.4 is 5.32 Å². The van der Waals surface area contributed by atoms with Gasteiger partial charge < -0.3 is 24.3 Å². The minimum absolute atomic E-state index is 0.0710. The summed E-state index contributed by atoms with van der Waals surface area (Å²) in [5.41, 5.74) is 2.71. The number of anilines is 1. The molecule has 2 aromatic carbocycles. The van der Waals surface area contributed by atoms with E-state index < -0.39 is 5.60 Å². The molecule has 0 radical (unpaired) electrons. The van der Waals surface area contributed by atoms with Gasteiger partial charge >= 0.3 is 6.09 Å². The van der Waals surface area contributed by atoms with Gasteiger partial charge in [0, 0.05) is 25.7 Å². The molecule has 4 rings (SSSR count). The number of benzene rings is 2. The van der Waals surface area contributed by atoms with Crippen LogP contribution in [0, 0.1) is 0 Å². The molecule has 182 valence electrons. The third-order valence-corrected chi connectivity index (χ3v) is 6.02. The summed E-state index contributed by atoms with van der Waals surface area (Å²) in [7, 11) is 0. The van der Waals surface area contributed by atoms with Gasteiger partial charge in [0.25, 0.3) is 0 Å². The number of aromatic nitrogens is 2. The maximum atomic E-state index is 12.4. The standard InChI is InChI=1S/C27H36N4O3/c1-5-33-24(20-11-7-6-8-12-20)19-31-23-14-10-9-13-22(23)29-25(31)28-21-15-17-30(18-16-21)26(32)34-27(2,3)4/h6-14,21,24H,5,15-19H2,1-4H3,(H,28,29). The number of carbonyl (C=O) groups is 1. The Labute approximate surface area is 202 Å². The lowest BCUT2D eigenvalue weighted by atomic mass is 10.1. The van der Waals surface area contributed by atoms with Crippen LogP contribution >= 0.6 is 0 Å². The van der Waals surface area contributed by atoms with Crippen LogP contribution in [0.4, 0.5) is 10.7 Å². The fourth-order valence-electron chi connectivity index (χ4n) is 4.37. The molecule has 0 bridgehead atoms. The second-order valence-electron chi connectivity index (χ2n) is 9.78. The highest BCUT2D eigenvalue weighted by Crippen LogP contribution is 2.27. The smallest absolute Gasteiger partial charge is 0.410 e. The van der Waals surface area contributed by atoms with Gasteiger partial charge in [0.2, 0.25) is 5.95 Å². The monoisotopic (exact) mass is 464 g/mol. The Balaban J connectivity index is 1.50. The van der Waals surface area contributed by atoms with Crippen molar-refractivity contribution in [2.24, 2.45) is 0 Å². The van der Waals surface area contributed by atoms with Crippen molar-refractivity contribution < 1.29 is 14.3 Å². The van der Waals surface area contributed by atoms with Crippen LogP contribution in [0.25, 0.3) is 11.0 Å². The molecule has 0 spiro atoms. The number of hydrogen-bond acceptors (Lipinski definition) is 5. The molecule has 1 atom stereocenters. The van der Waals surface area contributed by atoms with E-state index in [0.717, 1.165) is 35.4 Å². The minimum Gasteiger partial charge on any atom is -0.444 e. The number of ether oxygens (including phenoxy) is 2. The first kappa shape index (κ1) is 24.1. The summed E-state index contributed by atoms with van der Waals surface area (Å²) in [5, 5.41) is 3.66. The van der Waals surface area contributed by atoms with Crippen LogP contribution in [0.15, 0.2) is 54.6 Å². The summed E-state index contributed by atoms with van der Waals surface area (Å²) >= 11 is 0. The molecule has 1 aliphatic heterocycles. The highest BCUT2D eigenvalue weighted by molar-refractivity contribution is 5.78. The Bertz CT molecular complexity index is 1080. The SMILES string of the molecule is CCOC(Cn1c(NC2CCN(C(=O)OC(C)(C)C)CC2)nc2ccccc21)c1ccccc1. The van der Waals surface area contributed by atoms with Gasteiger partial charge in [-0.2, -0.15) is 0 Å². The fourth-order valence-corrected chi connectivity index (χ4v) is 4.37. The van der Waals surface area contributed by atoms with Crippen molar-refractivity contribution >= 4 is 23.1 Å². The second-order valence-corrected chi connectivity index (χ2v) is 9.78. The molecule has 7 heteroatoms. The van der Waals surface area contributed by atoms with E-state index >= 15 is 0 Å². The van der Waals surface area contributed by atoms with E-state index in [0.29, 0.717) is 26.2 Å². The molecule has 3 aromatic rings. The van der Waals surface area contributed by atoms with Crippen molar-refractivity contribution in [1.29, 1.82) is 0 Å². The predicted octanol–water partition coefficient (Wildman–Crippen LogP) is 5.63. The van der Waals surface area contributed by atoms with Gasteiger partial charge in [-0.05, 0) is 58.2 Å². The third-order valence-electron chi connectivity index (χ3n) is 6.02. The summed E-state index contributed by atoms with van der Waals surface area (Å²) in [6.45, 7) is 10.4. The number of amides is 1. The summed E-state index contributed by atoms with van der Waals surface area (Å²) < 4.78 is 13.9. The normalized spacial score (nSPS) is 15.9. The highest BCUT2D eigenvalue weighted by atomic mass is 16.6. The Kier molecular flexibility index (Phi) is 7.41. The van der Waals surface area contributed by atoms with Crippen LogP contribution in [0.5, 0.6) is 0 Å². The van der Waals surface area contributed by atoms with E-state index in [9.17, 15) is 4.79 Å². The zero-order valence-corrected chi connectivity index (χ0v) is 20.7. The van der Waals surface area contributed by atoms with Crippen LogP contribution in [0.2, 0.25) is 0 Å². The van der Waals surface area contributed by atoms with Gasteiger partial charge in [-0.25, -0.2) is 9.78 Å². The van der Waals surface area contributed by atoms with E-state index in [1.54, 1.807) is 4.90 Å². The molecule has 1 amide bonds. The summed E-state index contributed by atoms with van der Waals surface area (Å²) in [5.74, 6) is 0.845. The summed E-state index contributed by atoms with van der Waals surface area (Å²) in [6.07, 6.45) is 1.38. The molecular weight excluding hydrogens is 428 g/mol. The Morgan fingerprint density at radius 3 is 2.44 bits per heavy atom. The van der Waals surface area contributed by atoms with E-state index in [1.807, 2.05) is 64.1 Å². The number of imidazole rings is 1. The highest BCUT2D eigenvalue weighted by Gasteiger charge is 2.28. The number of piperidine rings is 1. The number of nitrogens with zero attached hydrogens (tertiary/aromatic N) is 3. The lowest BCUT2D eigenvalue weighted by molar-refractivity contribution is 0.0210. The average molecular weight is 465 g/mol. The van der Waals surface area contributed by atoms with Crippen molar-refractivity contribution in [1.82, 2.24) is 14.5 Å². The molecule has 34 heavy (non-hydrogen) atoms. The molecular formula is C27H36N4O3. The first-order valence-corrected chi connectivity index (χ1v) is 12.2. The Morgan fingerprint density at radius 2 is 1.76 bits per heavy atom. The molecule has 2 heterocycles. The number of likely N-dealkylation sites (tertiary alicyclic amines) is 1. The Morgan fingerprint density at radius 1 is 1.09 bits per heavy atom. The summed E-state index contributed by atoms with van der Waals surface area (Å²) in [4.78, 5) is 19.1. The van der Waals surface area contributed by atoms with Crippen LogP contribution in [0.3, 0.4) is 0 Å². The number of nitrogens with one attached hydrogen (secondary N) is 1. The van der Waals surface area contributed by atoms with Gasteiger partial charge in [0.05, 0.1) is 17.6 Å². The molecule has 1 aromatic heterocycles. The van der Waals surface area contributed by atoms with Gasteiger partial charge in [-0.3, -0.25) is 0 Å². The van der Waals surface area contributed by atoms with E-state index in [1.165, 1.54) is 0 Å². The maximum absolute atomic E-state index is 12.4. The lowest BCUT2D eigenvalue weighted by Crippen LogP contribution is -2.44. The molecule has 1 N–H and O–H groups in total. The van der Waals surface area contributed by atoms with Crippen molar-refractivity contribution in [3.8, 4) is 0 Å². The quantitative estimate of drug-likeness (QED) is 0.491. The van der Waals surface area contributed by atoms with E-state index in [4.69, 9.17) is 14.5 Å². The van der Waals surface area contributed by atoms with Gasteiger partial charge in [-0.15, -0.1) is 0 Å². The zero-order chi connectivity index (χ0) is 24.1. The third kappa shape index (κ3) is 5.89. The van der Waals surface area contributed by atoms with Crippen LogP contribution in [-0.2, 0) is 16.0 Å². The van der Waals surface area contributed by atoms with Crippen molar-refractivity contribution in [2.45, 2.75) is 64.8 Å². The maximum Gasteiger partial charge on any atom is 0.410 e. The molecule has 7 nitrogen and oxygen atoms in total. The zero-order valence-electron chi connectivity index (χ0n) is 20.7. The lowest BCUT2D eigenvalue weighted by Gasteiger charge is -2.34. The molecule has 0 saturated carbocycles. The van der Waals surface area contributed by atoms with Gasteiger partial charge in [0.1, 0.15) is 11.7 Å². The Hall–Kier alpha value is -3.06. The van der Waals surface area contributed by atoms with Crippen LogP contribution in [-0.4, -0.2) is 51.9 Å². The molecule has 1 saturated heterocycles.